The fourth-order valence-corrected chi connectivity index (χ4v) is 3.00. The number of methoxy groups -OCH3 is 1. The second-order valence-electron chi connectivity index (χ2n) is 5.18. The van der Waals surface area contributed by atoms with Crippen LogP contribution in [0.25, 0.3) is 11.1 Å². The number of rotatable bonds is 5. The van der Waals surface area contributed by atoms with Crippen LogP contribution in [-0.4, -0.2) is 18.9 Å². The Morgan fingerprint density at radius 2 is 1.92 bits per heavy atom. The van der Waals surface area contributed by atoms with E-state index in [-0.39, 0.29) is 6.54 Å². The predicted molar refractivity (Wildman–Crippen MR) is 95.5 cm³/mol. The van der Waals surface area contributed by atoms with Gasteiger partial charge in [0.25, 0.3) is 0 Å². The minimum absolute atomic E-state index is 0.289. The van der Waals surface area contributed by atoms with Crippen molar-refractivity contribution in [2.24, 2.45) is 0 Å². The number of ether oxygens (including phenoxy) is 1. The smallest absolute Gasteiger partial charge is 0.313 e. The fraction of sp³-hybridized carbons (Fsp3) is 0.111. The number of hydrogen-bond acceptors (Lipinski definition) is 5. The molecule has 2 amide bonds. The molecule has 0 radical (unpaired) electrons. The molecule has 0 fully saturated rings. The lowest BCUT2D eigenvalue weighted by Gasteiger charge is -2.06. The second kappa shape index (κ2) is 7.67. The van der Waals surface area contributed by atoms with E-state index >= 15 is 0 Å². The van der Waals surface area contributed by atoms with Crippen LogP contribution in [0.1, 0.15) is 4.88 Å². The first-order valence-corrected chi connectivity index (χ1v) is 8.37. The summed E-state index contributed by atoms with van der Waals surface area (Å²) in [5.41, 5.74) is 2.52. The molecule has 0 aliphatic heterocycles. The molecule has 0 saturated carbocycles. The van der Waals surface area contributed by atoms with Gasteiger partial charge in [-0.1, -0.05) is 0 Å². The summed E-state index contributed by atoms with van der Waals surface area (Å²) in [4.78, 5) is 24.8. The number of hydrogen-bond donors (Lipinski definition) is 2. The SMILES string of the molecule is COc1ccc(NC(=O)C(=O)NCc2cc(-c3ccoc3)cs2)cc1. The van der Waals surface area contributed by atoms with E-state index in [1.54, 1.807) is 43.9 Å². The Kier molecular flexibility index (Phi) is 5.15. The molecule has 7 heteroatoms. The van der Waals surface area contributed by atoms with Gasteiger partial charge in [0.1, 0.15) is 5.75 Å². The zero-order valence-electron chi connectivity index (χ0n) is 13.4. The van der Waals surface area contributed by atoms with Crippen molar-refractivity contribution >= 4 is 28.8 Å². The molecule has 128 valence electrons. The molecule has 3 aromatic rings. The van der Waals surface area contributed by atoms with E-state index in [1.807, 2.05) is 17.5 Å². The number of furan rings is 1. The number of carbonyl (C=O) groups is 2. The second-order valence-corrected chi connectivity index (χ2v) is 6.17. The lowest BCUT2D eigenvalue weighted by atomic mass is 10.2. The first kappa shape index (κ1) is 16.8. The minimum Gasteiger partial charge on any atom is -0.497 e. The zero-order valence-corrected chi connectivity index (χ0v) is 14.3. The van der Waals surface area contributed by atoms with Crippen molar-refractivity contribution in [2.75, 3.05) is 12.4 Å². The number of benzene rings is 1. The van der Waals surface area contributed by atoms with Crippen molar-refractivity contribution < 1.29 is 18.7 Å². The van der Waals surface area contributed by atoms with Crippen molar-refractivity contribution in [1.29, 1.82) is 0 Å². The minimum atomic E-state index is -0.711. The number of nitrogens with one attached hydrogen (secondary N) is 2. The Hall–Kier alpha value is -3.06. The molecule has 25 heavy (non-hydrogen) atoms. The number of anilines is 1. The molecule has 0 atom stereocenters. The van der Waals surface area contributed by atoms with Gasteiger partial charge in [0.05, 0.1) is 26.2 Å². The largest absolute Gasteiger partial charge is 0.497 e. The highest BCUT2D eigenvalue weighted by atomic mass is 32.1. The van der Waals surface area contributed by atoms with Gasteiger partial charge in [-0.3, -0.25) is 9.59 Å². The summed E-state index contributed by atoms with van der Waals surface area (Å²) < 4.78 is 10.1. The Labute approximate surface area is 148 Å². The van der Waals surface area contributed by atoms with Crippen molar-refractivity contribution in [3.8, 4) is 16.9 Å². The molecule has 0 spiro atoms. The van der Waals surface area contributed by atoms with Crippen LogP contribution in [0.5, 0.6) is 5.75 Å². The Balaban J connectivity index is 1.52. The van der Waals surface area contributed by atoms with E-state index in [0.29, 0.717) is 11.4 Å². The average Bonchev–Trinajstić information content (AvgIpc) is 3.31. The highest BCUT2D eigenvalue weighted by molar-refractivity contribution is 7.10. The van der Waals surface area contributed by atoms with Gasteiger partial charge in [0.15, 0.2) is 0 Å². The highest BCUT2D eigenvalue weighted by Crippen LogP contribution is 2.25. The van der Waals surface area contributed by atoms with E-state index in [9.17, 15) is 9.59 Å². The molecule has 6 nitrogen and oxygen atoms in total. The fourth-order valence-electron chi connectivity index (χ4n) is 2.16. The topological polar surface area (TPSA) is 80.6 Å². The number of amides is 2. The van der Waals surface area contributed by atoms with Crippen LogP contribution in [0.2, 0.25) is 0 Å². The number of carbonyl (C=O) groups excluding carboxylic acids is 2. The van der Waals surface area contributed by atoms with Gasteiger partial charge in [0.2, 0.25) is 0 Å². The summed E-state index contributed by atoms with van der Waals surface area (Å²) in [6.45, 7) is 0.289. The van der Waals surface area contributed by atoms with Gasteiger partial charge in [0, 0.05) is 16.1 Å². The molecule has 3 rings (SSSR count). The normalized spacial score (nSPS) is 10.3. The van der Waals surface area contributed by atoms with E-state index in [0.717, 1.165) is 16.0 Å². The zero-order chi connectivity index (χ0) is 17.6. The standard InChI is InChI=1S/C18H16N2O4S/c1-23-15-4-2-14(3-5-15)20-18(22)17(21)19-9-16-8-13(11-25-16)12-6-7-24-10-12/h2-8,10-11H,9H2,1H3,(H,19,21)(H,20,22). The quantitative estimate of drug-likeness (QED) is 0.688. The van der Waals surface area contributed by atoms with E-state index < -0.39 is 11.8 Å². The van der Waals surface area contributed by atoms with Crippen LogP contribution < -0.4 is 15.4 Å². The van der Waals surface area contributed by atoms with Crippen LogP contribution in [0, 0.1) is 0 Å². The Morgan fingerprint density at radius 1 is 1.12 bits per heavy atom. The van der Waals surface area contributed by atoms with E-state index in [2.05, 4.69) is 10.6 Å². The van der Waals surface area contributed by atoms with E-state index in [1.165, 1.54) is 11.3 Å². The monoisotopic (exact) mass is 356 g/mol. The molecular weight excluding hydrogens is 340 g/mol. The maximum absolute atomic E-state index is 11.9. The third kappa shape index (κ3) is 4.27. The first-order valence-electron chi connectivity index (χ1n) is 7.49. The average molecular weight is 356 g/mol. The van der Waals surface area contributed by atoms with Gasteiger partial charge in [-0.15, -0.1) is 11.3 Å². The van der Waals surface area contributed by atoms with Crippen LogP contribution in [0.4, 0.5) is 5.69 Å². The maximum Gasteiger partial charge on any atom is 0.313 e. The first-order chi connectivity index (χ1) is 12.2. The summed E-state index contributed by atoms with van der Waals surface area (Å²) in [5.74, 6) is -0.723. The van der Waals surface area contributed by atoms with Crippen molar-refractivity contribution in [1.82, 2.24) is 5.32 Å². The van der Waals surface area contributed by atoms with Crippen LogP contribution in [0.3, 0.4) is 0 Å². The highest BCUT2D eigenvalue weighted by Gasteiger charge is 2.14. The van der Waals surface area contributed by atoms with E-state index in [4.69, 9.17) is 9.15 Å². The third-order valence-electron chi connectivity index (χ3n) is 3.49. The molecule has 0 aliphatic carbocycles. The van der Waals surface area contributed by atoms with Crippen molar-refractivity contribution in [2.45, 2.75) is 6.54 Å². The van der Waals surface area contributed by atoms with Crippen molar-refractivity contribution in [3.63, 3.8) is 0 Å². The number of thiophene rings is 1. The predicted octanol–water partition coefficient (Wildman–Crippen LogP) is 3.27. The lowest BCUT2D eigenvalue weighted by molar-refractivity contribution is -0.136. The van der Waals surface area contributed by atoms with Gasteiger partial charge < -0.3 is 19.8 Å². The summed E-state index contributed by atoms with van der Waals surface area (Å²) >= 11 is 1.51. The molecule has 0 unspecified atom stereocenters. The lowest BCUT2D eigenvalue weighted by Crippen LogP contribution is -2.34. The molecule has 2 heterocycles. The Morgan fingerprint density at radius 3 is 2.60 bits per heavy atom. The molecule has 2 aromatic heterocycles. The molecule has 1 aromatic carbocycles. The van der Waals surface area contributed by atoms with Gasteiger partial charge in [-0.2, -0.15) is 0 Å². The van der Waals surface area contributed by atoms with Gasteiger partial charge >= 0.3 is 11.8 Å². The summed E-state index contributed by atoms with van der Waals surface area (Å²) in [6.07, 6.45) is 3.27. The van der Waals surface area contributed by atoms with Crippen LogP contribution in [0.15, 0.2) is 58.7 Å². The van der Waals surface area contributed by atoms with Crippen molar-refractivity contribution in [3.05, 3.63) is 59.2 Å². The molecular formula is C18H16N2O4S. The summed E-state index contributed by atoms with van der Waals surface area (Å²) in [7, 11) is 1.56. The van der Waals surface area contributed by atoms with Crippen LogP contribution >= 0.6 is 11.3 Å². The maximum atomic E-state index is 11.9. The third-order valence-corrected chi connectivity index (χ3v) is 4.42. The molecule has 0 aliphatic rings. The molecule has 2 N–H and O–H groups in total. The van der Waals surface area contributed by atoms with Crippen LogP contribution in [-0.2, 0) is 16.1 Å². The van der Waals surface area contributed by atoms with Gasteiger partial charge in [-0.25, -0.2) is 0 Å². The summed E-state index contributed by atoms with van der Waals surface area (Å²) in [5, 5.41) is 7.13. The van der Waals surface area contributed by atoms with Gasteiger partial charge in [-0.05, 0) is 47.3 Å². The Bertz CT molecular complexity index is 854. The molecule has 0 bridgehead atoms. The summed E-state index contributed by atoms with van der Waals surface area (Å²) in [6, 6.07) is 10.6. The molecule has 0 saturated heterocycles.